The first-order valence-electron chi connectivity index (χ1n) is 12.2. The van der Waals surface area contributed by atoms with Gasteiger partial charge in [0.2, 0.25) is 0 Å². The van der Waals surface area contributed by atoms with Gasteiger partial charge in [0.05, 0.1) is 0 Å². The maximum absolute atomic E-state index is 2.70. The van der Waals surface area contributed by atoms with E-state index in [0.29, 0.717) is 10.8 Å². The van der Waals surface area contributed by atoms with E-state index in [-0.39, 0.29) is 0 Å². The molecule has 2 saturated carbocycles. The summed E-state index contributed by atoms with van der Waals surface area (Å²) in [5, 5.41) is 0. The summed E-state index contributed by atoms with van der Waals surface area (Å²) in [5.41, 5.74) is 2.78. The van der Waals surface area contributed by atoms with Crippen molar-refractivity contribution in [3.05, 3.63) is 23.8 Å². The summed E-state index contributed by atoms with van der Waals surface area (Å²) in [6.07, 6.45) is 22.2. The quantitative estimate of drug-likeness (QED) is 0.459. The molecule has 0 aromatic rings. The average Bonchev–Trinajstić information content (AvgIpc) is 2.98. The molecule has 0 heteroatoms. The summed E-state index contributed by atoms with van der Waals surface area (Å²) in [5.74, 6) is 5.48. The molecular formula is C27H44. The first-order valence-corrected chi connectivity index (χ1v) is 12.2. The van der Waals surface area contributed by atoms with Gasteiger partial charge in [0, 0.05) is 0 Å². The van der Waals surface area contributed by atoms with Gasteiger partial charge in [0.1, 0.15) is 0 Å². The van der Waals surface area contributed by atoms with Crippen LogP contribution in [0.1, 0.15) is 98.8 Å². The molecule has 7 unspecified atom stereocenters. The fourth-order valence-corrected chi connectivity index (χ4v) is 8.21. The van der Waals surface area contributed by atoms with Gasteiger partial charge in [-0.1, -0.05) is 72.1 Å². The van der Waals surface area contributed by atoms with Crippen molar-refractivity contribution in [2.75, 3.05) is 0 Å². The molecule has 27 heavy (non-hydrogen) atoms. The zero-order valence-corrected chi connectivity index (χ0v) is 18.8. The number of fused-ring (bicyclic) bond motifs is 5. The Labute approximate surface area is 169 Å². The van der Waals surface area contributed by atoms with Crippen LogP contribution in [-0.4, -0.2) is 0 Å². The van der Waals surface area contributed by atoms with E-state index < -0.39 is 0 Å². The summed E-state index contributed by atoms with van der Waals surface area (Å²) in [4.78, 5) is 0. The molecule has 0 aromatic heterocycles. The summed E-state index contributed by atoms with van der Waals surface area (Å²) in [7, 11) is 0. The largest absolute Gasteiger partial charge is 0.0808 e. The van der Waals surface area contributed by atoms with Gasteiger partial charge in [0.25, 0.3) is 0 Å². The van der Waals surface area contributed by atoms with Crippen LogP contribution in [-0.2, 0) is 0 Å². The molecule has 0 nitrogen and oxygen atoms in total. The summed E-state index contributed by atoms with van der Waals surface area (Å²) in [6.45, 7) is 12.7. The van der Waals surface area contributed by atoms with Gasteiger partial charge in [-0.2, -0.15) is 0 Å². The van der Waals surface area contributed by atoms with Gasteiger partial charge < -0.3 is 0 Å². The molecule has 4 aliphatic carbocycles. The van der Waals surface area contributed by atoms with Crippen molar-refractivity contribution in [2.24, 2.45) is 46.3 Å². The minimum atomic E-state index is 0.486. The van der Waals surface area contributed by atoms with Gasteiger partial charge in [-0.05, 0) is 96.9 Å². The van der Waals surface area contributed by atoms with Crippen LogP contribution in [0, 0.1) is 46.3 Å². The van der Waals surface area contributed by atoms with E-state index in [4.69, 9.17) is 0 Å². The van der Waals surface area contributed by atoms with E-state index in [1.54, 1.807) is 5.57 Å². The number of allylic oxidation sites excluding steroid dienone is 4. The van der Waals surface area contributed by atoms with Crippen molar-refractivity contribution in [1.82, 2.24) is 0 Å². The molecular weight excluding hydrogens is 324 g/mol. The Morgan fingerprint density at radius 1 is 1.00 bits per heavy atom. The minimum Gasteiger partial charge on any atom is -0.0808 e. The van der Waals surface area contributed by atoms with Crippen LogP contribution in [0.25, 0.3) is 0 Å². The molecule has 0 amide bonds. The van der Waals surface area contributed by atoms with Crippen molar-refractivity contribution < 1.29 is 0 Å². The van der Waals surface area contributed by atoms with Crippen molar-refractivity contribution in [1.29, 1.82) is 0 Å². The highest BCUT2D eigenvalue weighted by Gasteiger charge is 2.58. The van der Waals surface area contributed by atoms with Crippen LogP contribution in [0.5, 0.6) is 0 Å². The molecule has 152 valence electrons. The number of hydrogen-bond donors (Lipinski definition) is 0. The number of rotatable bonds is 5. The van der Waals surface area contributed by atoms with Gasteiger partial charge >= 0.3 is 0 Å². The fraction of sp³-hybridized carbons (Fsp3) is 0.852. The topological polar surface area (TPSA) is 0 Å². The van der Waals surface area contributed by atoms with Crippen LogP contribution in [0.2, 0.25) is 0 Å². The Balaban J connectivity index is 1.51. The first-order chi connectivity index (χ1) is 12.9. The van der Waals surface area contributed by atoms with E-state index >= 15 is 0 Å². The minimum absolute atomic E-state index is 0.486. The molecule has 0 heterocycles. The van der Waals surface area contributed by atoms with E-state index in [1.165, 1.54) is 64.2 Å². The van der Waals surface area contributed by atoms with Crippen LogP contribution in [0.4, 0.5) is 0 Å². The molecule has 4 rings (SSSR count). The maximum atomic E-state index is 2.70. The van der Waals surface area contributed by atoms with Crippen LogP contribution < -0.4 is 0 Å². The SMILES string of the molecule is CC(C)CCCC(C)C1CCC2C3C=CC4=CCCCC4(C)C3CCC12C. The monoisotopic (exact) mass is 368 g/mol. The molecule has 0 aliphatic heterocycles. The Hall–Kier alpha value is -0.520. The molecule has 2 fully saturated rings. The van der Waals surface area contributed by atoms with Crippen molar-refractivity contribution in [3.63, 3.8) is 0 Å². The second-order valence-corrected chi connectivity index (χ2v) is 11.6. The van der Waals surface area contributed by atoms with Gasteiger partial charge in [-0.3, -0.25) is 0 Å². The molecule has 0 saturated heterocycles. The molecule has 0 radical (unpaired) electrons. The highest BCUT2D eigenvalue weighted by molar-refractivity contribution is 5.35. The summed E-state index contributed by atoms with van der Waals surface area (Å²) in [6, 6.07) is 0. The third kappa shape index (κ3) is 3.28. The molecule has 0 spiro atoms. The zero-order valence-electron chi connectivity index (χ0n) is 18.8. The molecule has 7 atom stereocenters. The second kappa shape index (κ2) is 7.38. The van der Waals surface area contributed by atoms with Gasteiger partial charge in [0.15, 0.2) is 0 Å². The van der Waals surface area contributed by atoms with E-state index in [9.17, 15) is 0 Å². The molecule has 4 aliphatic rings. The number of hydrogen-bond acceptors (Lipinski definition) is 0. The highest BCUT2D eigenvalue weighted by Crippen LogP contribution is 2.66. The Kier molecular flexibility index (Phi) is 5.41. The summed E-state index contributed by atoms with van der Waals surface area (Å²) >= 11 is 0. The normalized spacial score (nSPS) is 44.4. The highest BCUT2D eigenvalue weighted by atomic mass is 14.6. The molecule has 0 N–H and O–H groups in total. The maximum Gasteiger partial charge on any atom is -0.00445 e. The molecule has 0 aromatic carbocycles. The van der Waals surface area contributed by atoms with Gasteiger partial charge in [-0.25, -0.2) is 0 Å². The van der Waals surface area contributed by atoms with E-state index in [2.05, 4.69) is 52.8 Å². The fourth-order valence-electron chi connectivity index (χ4n) is 8.21. The average molecular weight is 369 g/mol. The lowest BCUT2D eigenvalue weighted by atomic mass is 9.48. The first kappa shape index (κ1) is 19.8. The van der Waals surface area contributed by atoms with Crippen LogP contribution in [0.3, 0.4) is 0 Å². The smallest absolute Gasteiger partial charge is 0.00445 e. The Bertz CT molecular complexity index is 595. The third-order valence-electron chi connectivity index (χ3n) is 9.77. The zero-order chi connectivity index (χ0) is 19.2. The third-order valence-corrected chi connectivity index (χ3v) is 9.77. The standard InChI is InChI=1S/C27H44/c1-19(2)9-8-10-20(3)23-14-15-24-22-13-12-21-11-6-7-17-26(21,4)25(22)16-18-27(23,24)5/h11-13,19-20,22-25H,6-10,14-18H2,1-5H3. The van der Waals surface area contributed by atoms with Crippen molar-refractivity contribution >= 4 is 0 Å². The van der Waals surface area contributed by atoms with Crippen LogP contribution in [0.15, 0.2) is 23.8 Å². The lowest BCUT2D eigenvalue weighted by Crippen LogP contribution is -2.49. The van der Waals surface area contributed by atoms with Crippen LogP contribution >= 0.6 is 0 Å². The molecule has 0 bridgehead atoms. The van der Waals surface area contributed by atoms with Gasteiger partial charge in [-0.15, -0.1) is 0 Å². The lowest BCUT2D eigenvalue weighted by molar-refractivity contribution is -0.0264. The Morgan fingerprint density at radius 3 is 2.59 bits per heavy atom. The Morgan fingerprint density at radius 2 is 1.81 bits per heavy atom. The predicted molar refractivity (Wildman–Crippen MR) is 118 cm³/mol. The van der Waals surface area contributed by atoms with Crippen molar-refractivity contribution in [3.8, 4) is 0 Å². The van der Waals surface area contributed by atoms with Crippen molar-refractivity contribution in [2.45, 2.75) is 98.8 Å². The van der Waals surface area contributed by atoms with E-state index in [1.807, 2.05) is 0 Å². The lowest BCUT2D eigenvalue weighted by Gasteiger charge is -2.56. The summed E-state index contributed by atoms with van der Waals surface area (Å²) < 4.78 is 0. The van der Waals surface area contributed by atoms with E-state index in [0.717, 1.165) is 35.5 Å². The second-order valence-electron chi connectivity index (χ2n) is 11.6. The predicted octanol–water partition coefficient (Wildman–Crippen LogP) is 8.19.